The quantitative estimate of drug-likeness (QED) is 0.890. The van der Waals surface area contributed by atoms with Gasteiger partial charge in [0, 0.05) is 31.7 Å². The van der Waals surface area contributed by atoms with Crippen molar-refractivity contribution >= 4 is 17.9 Å². The number of ether oxygens (including phenoxy) is 1. The first-order chi connectivity index (χ1) is 12.2. The van der Waals surface area contributed by atoms with E-state index in [1.165, 1.54) is 0 Å². The van der Waals surface area contributed by atoms with Crippen molar-refractivity contribution in [1.29, 1.82) is 0 Å². The van der Waals surface area contributed by atoms with Gasteiger partial charge >= 0.3 is 6.09 Å². The SMILES string of the molecule is Cc1cccc(C(=O)N2CCN(C(=O)CNC(=O)OC(C)(C)C)CC2)c1. The maximum Gasteiger partial charge on any atom is 0.408 e. The number of carbonyl (C=O) groups is 3. The average Bonchev–Trinajstić information content (AvgIpc) is 2.57. The summed E-state index contributed by atoms with van der Waals surface area (Å²) >= 11 is 0. The highest BCUT2D eigenvalue weighted by atomic mass is 16.6. The van der Waals surface area contributed by atoms with Crippen molar-refractivity contribution in [2.75, 3.05) is 32.7 Å². The maximum absolute atomic E-state index is 12.5. The van der Waals surface area contributed by atoms with Crippen LogP contribution < -0.4 is 5.32 Å². The van der Waals surface area contributed by atoms with Crippen LogP contribution in [0.4, 0.5) is 4.79 Å². The minimum absolute atomic E-state index is 0.0207. The van der Waals surface area contributed by atoms with E-state index in [0.717, 1.165) is 5.56 Å². The highest BCUT2D eigenvalue weighted by Gasteiger charge is 2.25. The van der Waals surface area contributed by atoms with E-state index in [1.54, 1.807) is 36.6 Å². The second-order valence-corrected chi connectivity index (χ2v) is 7.40. The van der Waals surface area contributed by atoms with Gasteiger partial charge in [0.25, 0.3) is 5.91 Å². The predicted octanol–water partition coefficient (Wildman–Crippen LogP) is 1.80. The molecule has 142 valence electrons. The summed E-state index contributed by atoms with van der Waals surface area (Å²) in [6.45, 7) is 8.98. The van der Waals surface area contributed by atoms with Gasteiger partial charge in [-0.1, -0.05) is 17.7 Å². The second-order valence-electron chi connectivity index (χ2n) is 7.40. The molecule has 0 saturated carbocycles. The first kappa shape index (κ1) is 19.8. The Labute approximate surface area is 154 Å². The minimum atomic E-state index is -0.612. The van der Waals surface area contributed by atoms with Crippen LogP contribution in [0.3, 0.4) is 0 Å². The molecular formula is C19H27N3O4. The van der Waals surface area contributed by atoms with E-state index in [4.69, 9.17) is 4.74 Å². The lowest BCUT2D eigenvalue weighted by Gasteiger charge is -2.35. The third-order valence-corrected chi connectivity index (χ3v) is 3.97. The zero-order valence-electron chi connectivity index (χ0n) is 15.9. The van der Waals surface area contributed by atoms with Crippen LogP contribution in [-0.2, 0) is 9.53 Å². The standard InChI is InChI=1S/C19H27N3O4/c1-14-6-5-7-15(12-14)17(24)22-10-8-21(9-11-22)16(23)13-20-18(25)26-19(2,3)4/h5-7,12H,8-11,13H2,1-4H3,(H,20,25). The zero-order chi connectivity index (χ0) is 19.3. The number of nitrogens with one attached hydrogen (secondary N) is 1. The third-order valence-electron chi connectivity index (χ3n) is 3.97. The van der Waals surface area contributed by atoms with E-state index in [9.17, 15) is 14.4 Å². The number of piperazine rings is 1. The average molecular weight is 361 g/mol. The van der Waals surface area contributed by atoms with E-state index in [-0.39, 0.29) is 18.4 Å². The van der Waals surface area contributed by atoms with Crippen LogP contribution in [0.1, 0.15) is 36.7 Å². The van der Waals surface area contributed by atoms with Crippen molar-refractivity contribution in [3.63, 3.8) is 0 Å². The molecule has 0 unspecified atom stereocenters. The van der Waals surface area contributed by atoms with Crippen molar-refractivity contribution in [2.45, 2.75) is 33.3 Å². The maximum atomic E-state index is 12.5. The molecule has 0 spiro atoms. The number of alkyl carbamates (subject to hydrolysis) is 1. The molecular weight excluding hydrogens is 334 g/mol. The van der Waals surface area contributed by atoms with Gasteiger partial charge in [0.05, 0.1) is 0 Å². The fourth-order valence-electron chi connectivity index (χ4n) is 2.69. The fourth-order valence-corrected chi connectivity index (χ4v) is 2.69. The summed E-state index contributed by atoms with van der Waals surface area (Å²) in [6.07, 6.45) is -0.612. The molecule has 26 heavy (non-hydrogen) atoms. The van der Waals surface area contributed by atoms with Gasteiger partial charge in [0.1, 0.15) is 12.1 Å². The van der Waals surface area contributed by atoms with Crippen LogP contribution in [0.25, 0.3) is 0 Å². The highest BCUT2D eigenvalue weighted by molar-refractivity contribution is 5.94. The smallest absolute Gasteiger partial charge is 0.408 e. The molecule has 7 heteroatoms. The summed E-state index contributed by atoms with van der Waals surface area (Å²) in [5.41, 5.74) is 1.10. The van der Waals surface area contributed by atoms with Crippen molar-refractivity contribution in [3.8, 4) is 0 Å². The Bertz CT molecular complexity index is 674. The largest absolute Gasteiger partial charge is 0.444 e. The lowest BCUT2D eigenvalue weighted by atomic mass is 10.1. The summed E-state index contributed by atoms with van der Waals surface area (Å²) < 4.78 is 5.11. The number of hydrogen-bond donors (Lipinski definition) is 1. The van der Waals surface area contributed by atoms with Crippen LogP contribution in [0.15, 0.2) is 24.3 Å². The number of carbonyl (C=O) groups excluding carboxylic acids is 3. The first-order valence-corrected chi connectivity index (χ1v) is 8.76. The van der Waals surface area contributed by atoms with Gasteiger partial charge in [-0.25, -0.2) is 4.79 Å². The Morgan fingerprint density at radius 1 is 1.08 bits per heavy atom. The highest BCUT2D eigenvalue weighted by Crippen LogP contribution is 2.11. The molecule has 1 aliphatic heterocycles. The molecule has 1 aliphatic rings. The molecule has 0 aromatic heterocycles. The molecule has 1 heterocycles. The Morgan fingerprint density at radius 2 is 1.69 bits per heavy atom. The zero-order valence-corrected chi connectivity index (χ0v) is 15.9. The van der Waals surface area contributed by atoms with Gasteiger partial charge in [-0.05, 0) is 39.8 Å². The topological polar surface area (TPSA) is 79.0 Å². The van der Waals surface area contributed by atoms with E-state index in [2.05, 4.69) is 5.32 Å². The third kappa shape index (κ3) is 5.75. The van der Waals surface area contributed by atoms with Gasteiger partial charge in [0.15, 0.2) is 0 Å². The monoisotopic (exact) mass is 361 g/mol. The summed E-state index contributed by atoms with van der Waals surface area (Å²) in [7, 11) is 0. The molecule has 0 atom stereocenters. The summed E-state index contributed by atoms with van der Waals surface area (Å²) in [5, 5.41) is 2.47. The van der Waals surface area contributed by atoms with Crippen LogP contribution >= 0.6 is 0 Å². The number of nitrogens with zero attached hydrogens (tertiary/aromatic N) is 2. The number of amides is 3. The lowest BCUT2D eigenvalue weighted by molar-refractivity contribution is -0.131. The lowest BCUT2D eigenvalue weighted by Crippen LogP contribution is -2.52. The van der Waals surface area contributed by atoms with E-state index in [0.29, 0.717) is 31.7 Å². The van der Waals surface area contributed by atoms with Crippen LogP contribution in [-0.4, -0.2) is 66.0 Å². The van der Waals surface area contributed by atoms with Gasteiger partial charge in [-0.2, -0.15) is 0 Å². The Hall–Kier alpha value is -2.57. The number of benzene rings is 1. The van der Waals surface area contributed by atoms with Crippen molar-refractivity contribution in [1.82, 2.24) is 15.1 Å². The fraction of sp³-hybridized carbons (Fsp3) is 0.526. The minimum Gasteiger partial charge on any atom is -0.444 e. The Kier molecular flexibility index (Phi) is 6.23. The normalized spacial score (nSPS) is 14.8. The molecule has 2 rings (SSSR count). The van der Waals surface area contributed by atoms with Crippen molar-refractivity contribution < 1.29 is 19.1 Å². The number of hydrogen-bond acceptors (Lipinski definition) is 4. The molecule has 1 N–H and O–H groups in total. The van der Waals surface area contributed by atoms with Crippen molar-refractivity contribution in [2.24, 2.45) is 0 Å². The molecule has 3 amide bonds. The molecule has 1 fully saturated rings. The Balaban J connectivity index is 1.79. The summed E-state index contributed by atoms with van der Waals surface area (Å²) in [5.74, 6) is -0.203. The summed E-state index contributed by atoms with van der Waals surface area (Å²) in [4.78, 5) is 39.8. The Morgan fingerprint density at radius 3 is 2.27 bits per heavy atom. The van der Waals surface area contributed by atoms with E-state index < -0.39 is 11.7 Å². The second kappa shape index (κ2) is 8.21. The number of aryl methyl sites for hydroxylation is 1. The van der Waals surface area contributed by atoms with E-state index >= 15 is 0 Å². The molecule has 0 radical (unpaired) electrons. The molecule has 1 aromatic rings. The van der Waals surface area contributed by atoms with Crippen LogP contribution in [0.5, 0.6) is 0 Å². The van der Waals surface area contributed by atoms with Gasteiger partial charge in [-0.15, -0.1) is 0 Å². The van der Waals surface area contributed by atoms with Crippen LogP contribution in [0.2, 0.25) is 0 Å². The first-order valence-electron chi connectivity index (χ1n) is 8.76. The van der Waals surface area contributed by atoms with Crippen molar-refractivity contribution in [3.05, 3.63) is 35.4 Å². The predicted molar refractivity (Wildman–Crippen MR) is 97.9 cm³/mol. The molecule has 0 bridgehead atoms. The molecule has 0 aliphatic carbocycles. The van der Waals surface area contributed by atoms with Gasteiger partial charge < -0.3 is 19.9 Å². The molecule has 1 saturated heterocycles. The number of rotatable bonds is 3. The van der Waals surface area contributed by atoms with Gasteiger partial charge in [0.2, 0.25) is 5.91 Å². The van der Waals surface area contributed by atoms with Crippen LogP contribution in [0, 0.1) is 6.92 Å². The summed E-state index contributed by atoms with van der Waals surface area (Å²) in [6, 6.07) is 7.48. The molecule has 1 aromatic carbocycles. The van der Waals surface area contributed by atoms with Gasteiger partial charge in [-0.3, -0.25) is 9.59 Å². The molecule has 7 nitrogen and oxygen atoms in total. The van der Waals surface area contributed by atoms with E-state index in [1.807, 2.05) is 25.1 Å².